The molecule has 0 saturated heterocycles. The third kappa shape index (κ3) is 8.08. The van der Waals surface area contributed by atoms with E-state index in [1.165, 1.54) is 11.1 Å². The van der Waals surface area contributed by atoms with Crippen LogP contribution in [0.2, 0.25) is 0 Å². The number of hydrogen-bond acceptors (Lipinski definition) is 2. The Morgan fingerprint density at radius 2 is 1.81 bits per heavy atom. The van der Waals surface area contributed by atoms with Gasteiger partial charge in [-0.2, -0.15) is 0 Å². The molecule has 1 aromatic carbocycles. The van der Waals surface area contributed by atoms with E-state index in [4.69, 9.17) is 5.73 Å². The fraction of sp³-hybridized carbons (Fsp3) is 0.588. The maximum Gasteiger partial charge on any atom is 0.220 e. The number of halogens is 1. The lowest BCUT2D eigenvalue weighted by Crippen LogP contribution is -2.29. The summed E-state index contributed by atoms with van der Waals surface area (Å²) in [6, 6.07) is 8.69. The summed E-state index contributed by atoms with van der Waals surface area (Å²) in [5.41, 5.74) is 8.35. The molecule has 1 atom stereocenters. The lowest BCUT2D eigenvalue weighted by atomic mass is 9.86. The summed E-state index contributed by atoms with van der Waals surface area (Å²) in [5, 5.41) is 2.90. The van der Waals surface area contributed by atoms with Gasteiger partial charge in [0.15, 0.2) is 0 Å². The molecule has 0 spiro atoms. The highest BCUT2D eigenvalue weighted by Gasteiger charge is 2.12. The Morgan fingerprint density at radius 1 is 1.24 bits per heavy atom. The van der Waals surface area contributed by atoms with Crippen molar-refractivity contribution in [3.8, 4) is 0 Å². The van der Waals surface area contributed by atoms with E-state index < -0.39 is 0 Å². The highest BCUT2D eigenvalue weighted by Crippen LogP contribution is 2.22. The van der Waals surface area contributed by atoms with Gasteiger partial charge in [-0.1, -0.05) is 45.0 Å². The van der Waals surface area contributed by atoms with Crippen molar-refractivity contribution in [2.75, 3.05) is 6.54 Å². The zero-order chi connectivity index (χ0) is 15.2. The van der Waals surface area contributed by atoms with Crippen LogP contribution in [-0.4, -0.2) is 18.5 Å². The average molecular weight is 313 g/mol. The molecule has 0 aliphatic carbocycles. The van der Waals surface area contributed by atoms with Crippen LogP contribution in [0, 0.1) is 0 Å². The lowest BCUT2D eigenvalue weighted by molar-refractivity contribution is -0.121. The summed E-state index contributed by atoms with van der Waals surface area (Å²) >= 11 is 0. The highest BCUT2D eigenvalue weighted by molar-refractivity contribution is 5.85. The van der Waals surface area contributed by atoms with Gasteiger partial charge in [0.1, 0.15) is 0 Å². The van der Waals surface area contributed by atoms with E-state index in [-0.39, 0.29) is 29.8 Å². The highest BCUT2D eigenvalue weighted by atomic mass is 35.5. The molecule has 1 aromatic rings. The Kier molecular flexibility index (Phi) is 8.60. The summed E-state index contributed by atoms with van der Waals surface area (Å²) in [6.45, 7) is 9.22. The molecule has 1 unspecified atom stereocenters. The van der Waals surface area contributed by atoms with Crippen molar-refractivity contribution < 1.29 is 4.79 Å². The summed E-state index contributed by atoms with van der Waals surface area (Å²) in [6.07, 6.45) is 2.15. The Labute approximate surface area is 135 Å². The van der Waals surface area contributed by atoms with Crippen molar-refractivity contribution in [1.29, 1.82) is 0 Å². The summed E-state index contributed by atoms with van der Waals surface area (Å²) in [7, 11) is 0. The normalized spacial score (nSPS) is 12.4. The van der Waals surface area contributed by atoms with E-state index in [1.54, 1.807) is 0 Å². The summed E-state index contributed by atoms with van der Waals surface area (Å²) in [5.74, 6) is 0.102. The van der Waals surface area contributed by atoms with Crippen LogP contribution >= 0.6 is 12.4 Å². The first-order chi connectivity index (χ1) is 9.29. The molecule has 0 heterocycles. The second-order valence-corrected chi connectivity index (χ2v) is 6.56. The van der Waals surface area contributed by atoms with Crippen molar-refractivity contribution >= 4 is 18.3 Å². The molecule has 21 heavy (non-hydrogen) atoms. The predicted molar refractivity (Wildman–Crippen MR) is 92.0 cm³/mol. The monoisotopic (exact) mass is 312 g/mol. The number of benzene rings is 1. The molecule has 3 N–H and O–H groups in total. The summed E-state index contributed by atoms with van der Waals surface area (Å²) < 4.78 is 0. The van der Waals surface area contributed by atoms with Crippen LogP contribution in [0.4, 0.5) is 0 Å². The van der Waals surface area contributed by atoms with E-state index in [2.05, 4.69) is 50.4 Å². The smallest absolute Gasteiger partial charge is 0.220 e. The van der Waals surface area contributed by atoms with E-state index in [0.717, 1.165) is 12.8 Å². The van der Waals surface area contributed by atoms with Gasteiger partial charge in [0.05, 0.1) is 0 Å². The second-order valence-electron chi connectivity index (χ2n) is 6.56. The molecular weight excluding hydrogens is 284 g/mol. The van der Waals surface area contributed by atoms with Gasteiger partial charge in [0.25, 0.3) is 0 Å². The second kappa shape index (κ2) is 9.06. The largest absolute Gasteiger partial charge is 0.356 e. The Bertz CT molecular complexity index is 421. The third-order valence-electron chi connectivity index (χ3n) is 3.38. The lowest BCUT2D eigenvalue weighted by Gasteiger charge is -2.19. The standard InChI is InChI=1S/C17H28N2O.ClH/c1-13(18)11-12-19-16(20)10-7-14-5-8-15(9-6-14)17(2,3)4;/h5-6,8-9,13H,7,10-12,18H2,1-4H3,(H,19,20);1H. The van der Waals surface area contributed by atoms with Crippen LogP contribution in [0.25, 0.3) is 0 Å². The molecule has 1 amide bonds. The van der Waals surface area contributed by atoms with Gasteiger partial charge >= 0.3 is 0 Å². The predicted octanol–water partition coefficient (Wildman–Crippen LogP) is 3.19. The zero-order valence-corrected chi connectivity index (χ0v) is 14.4. The molecule has 0 bridgehead atoms. The fourth-order valence-corrected chi connectivity index (χ4v) is 1.96. The number of carbonyl (C=O) groups excluding carboxylic acids is 1. The van der Waals surface area contributed by atoms with E-state index >= 15 is 0 Å². The maximum absolute atomic E-state index is 11.7. The number of amides is 1. The molecule has 1 rings (SSSR count). The van der Waals surface area contributed by atoms with Gasteiger partial charge < -0.3 is 11.1 Å². The van der Waals surface area contributed by atoms with Crippen molar-refractivity contribution in [2.45, 2.75) is 58.4 Å². The zero-order valence-electron chi connectivity index (χ0n) is 13.6. The minimum Gasteiger partial charge on any atom is -0.356 e. The van der Waals surface area contributed by atoms with E-state index in [9.17, 15) is 4.79 Å². The molecular formula is C17H29ClN2O. The van der Waals surface area contributed by atoms with Crippen molar-refractivity contribution in [2.24, 2.45) is 5.73 Å². The fourth-order valence-electron chi connectivity index (χ4n) is 1.96. The Hall–Kier alpha value is -1.06. The first-order valence-electron chi connectivity index (χ1n) is 7.41. The molecule has 4 heteroatoms. The van der Waals surface area contributed by atoms with Crippen LogP contribution in [-0.2, 0) is 16.6 Å². The molecule has 0 aliphatic rings. The van der Waals surface area contributed by atoms with E-state index in [0.29, 0.717) is 13.0 Å². The number of nitrogens with one attached hydrogen (secondary N) is 1. The van der Waals surface area contributed by atoms with Crippen molar-refractivity contribution in [1.82, 2.24) is 5.32 Å². The quantitative estimate of drug-likeness (QED) is 0.847. The molecule has 3 nitrogen and oxygen atoms in total. The number of nitrogens with two attached hydrogens (primary N) is 1. The Balaban J connectivity index is 0.00000400. The van der Waals surface area contributed by atoms with Crippen LogP contribution in [0.5, 0.6) is 0 Å². The average Bonchev–Trinajstić information content (AvgIpc) is 2.35. The van der Waals surface area contributed by atoms with Crippen LogP contribution in [0.15, 0.2) is 24.3 Å². The van der Waals surface area contributed by atoms with Gasteiger partial charge in [-0.25, -0.2) is 0 Å². The van der Waals surface area contributed by atoms with Crippen molar-refractivity contribution in [3.63, 3.8) is 0 Å². The number of hydrogen-bond donors (Lipinski definition) is 2. The van der Waals surface area contributed by atoms with Crippen LogP contribution in [0.3, 0.4) is 0 Å². The molecule has 120 valence electrons. The van der Waals surface area contributed by atoms with Gasteiger partial charge in [0, 0.05) is 19.0 Å². The molecule has 0 aromatic heterocycles. The SMILES string of the molecule is CC(N)CCNC(=O)CCc1ccc(C(C)(C)C)cc1.Cl. The molecule has 0 saturated carbocycles. The maximum atomic E-state index is 11.7. The van der Waals surface area contributed by atoms with Crippen LogP contribution < -0.4 is 11.1 Å². The summed E-state index contributed by atoms with van der Waals surface area (Å²) in [4.78, 5) is 11.7. The number of aryl methyl sites for hydroxylation is 1. The molecule has 0 fully saturated rings. The van der Waals surface area contributed by atoms with Gasteiger partial charge in [-0.05, 0) is 36.3 Å². The molecule has 0 radical (unpaired) electrons. The van der Waals surface area contributed by atoms with E-state index in [1.807, 2.05) is 6.92 Å². The van der Waals surface area contributed by atoms with Gasteiger partial charge in [-0.15, -0.1) is 12.4 Å². The topological polar surface area (TPSA) is 55.1 Å². The minimum atomic E-state index is 0. The first-order valence-corrected chi connectivity index (χ1v) is 7.41. The molecule has 0 aliphatic heterocycles. The van der Waals surface area contributed by atoms with Crippen LogP contribution in [0.1, 0.15) is 51.7 Å². The van der Waals surface area contributed by atoms with Crippen molar-refractivity contribution in [3.05, 3.63) is 35.4 Å². The third-order valence-corrected chi connectivity index (χ3v) is 3.38. The first kappa shape index (κ1) is 19.9. The minimum absolute atomic E-state index is 0. The number of rotatable bonds is 6. The Morgan fingerprint density at radius 3 is 2.29 bits per heavy atom. The number of carbonyl (C=O) groups is 1. The van der Waals surface area contributed by atoms with Gasteiger partial charge in [0.2, 0.25) is 5.91 Å². The van der Waals surface area contributed by atoms with Gasteiger partial charge in [-0.3, -0.25) is 4.79 Å².